The zero-order valence-electron chi connectivity index (χ0n) is 10.1. The Labute approximate surface area is 112 Å². The number of halogens is 1. The van der Waals surface area contributed by atoms with E-state index < -0.39 is 0 Å². The van der Waals surface area contributed by atoms with Gasteiger partial charge in [-0.25, -0.2) is 0 Å². The molecule has 2 aromatic carbocycles. The summed E-state index contributed by atoms with van der Waals surface area (Å²) in [6.45, 7) is 0. The molecule has 92 valence electrons. The van der Waals surface area contributed by atoms with Crippen LogP contribution in [0.4, 0.5) is 0 Å². The van der Waals surface area contributed by atoms with Crippen LogP contribution < -0.4 is 10.1 Å². The molecule has 3 rings (SSSR count). The first kappa shape index (κ1) is 11.6. The lowest BCUT2D eigenvalue weighted by atomic mass is 10.0. The van der Waals surface area contributed by atoms with Gasteiger partial charge in [0.25, 0.3) is 0 Å². The van der Waals surface area contributed by atoms with E-state index in [4.69, 9.17) is 16.3 Å². The van der Waals surface area contributed by atoms with Gasteiger partial charge in [-0.1, -0.05) is 48.0 Å². The Kier molecular flexibility index (Phi) is 2.98. The van der Waals surface area contributed by atoms with E-state index >= 15 is 0 Å². The number of fused-ring (bicyclic) bond motifs is 1. The van der Waals surface area contributed by atoms with Crippen LogP contribution in [-0.4, -0.2) is 13.3 Å². The third-order valence-corrected chi connectivity index (χ3v) is 3.58. The molecule has 0 radical (unpaired) electrons. The molecule has 0 amide bonds. The predicted molar refractivity (Wildman–Crippen MR) is 74.1 cm³/mol. The van der Waals surface area contributed by atoms with Crippen LogP contribution in [0.25, 0.3) is 11.1 Å². The Morgan fingerprint density at radius 1 is 1.11 bits per heavy atom. The molecule has 0 saturated carbocycles. The summed E-state index contributed by atoms with van der Waals surface area (Å²) in [5.41, 5.74) is 3.32. The van der Waals surface area contributed by atoms with Crippen molar-refractivity contribution in [3.63, 3.8) is 0 Å². The number of rotatable bonds is 2. The van der Waals surface area contributed by atoms with Crippen molar-refractivity contribution in [3.05, 3.63) is 53.1 Å². The normalized spacial score (nSPS) is 17.3. The van der Waals surface area contributed by atoms with Crippen LogP contribution in [0.5, 0.6) is 5.75 Å². The van der Waals surface area contributed by atoms with Gasteiger partial charge in [-0.3, -0.25) is 5.32 Å². The lowest BCUT2D eigenvalue weighted by molar-refractivity contribution is 0.204. The number of nitrogens with one attached hydrogen (secondary N) is 1. The first-order chi connectivity index (χ1) is 8.79. The average Bonchev–Trinajstić information content (AvgIpc) is 2.82. The highest BCUT2D eigenvalue weighted by Gasteiger charge is 2.24. The second-order valence-corrected chi connectivity index (χ2v) is 4.78. The lowest BCUT2D eigenvalue weighted by Crippen LogP contribution is -2.29. The van der Waals surface area contributed by atoms with Crippen molar-refractivity contribution in [1.82, 2.24) is 5.32 Å². The summed E-state index contributed by atoms with van der Waals surface area (Å²) in [6.07, 6.45) is 0.952. The van der Waals surface area contributed by atoms with E-state index in [0.29, 0.717) is 0 Å². The molecule has 1 aliphatic rings. The standard InChI is InChI=1S/C15H14ClNO/c1-17-14-9-10-5-4-7-12(15(10)18-14)11-6-2-3-8-13(11)16/h2-8,14,17H,9H2,1H3. The summed E-state index contributed by atoms with van der Waals surface area (Å²) in [5, 5.41) is 3.90. The molecule has 1 atom stereocenters. The van der Waals surface area contributed by atoms with Crippen LogP contribution >= 0.6 is 11.6 Å². The van der Waals surface area contributed by atoms with Crippen molar-refractivity contribution in [2.45, 2.75) is 12.6 Å². The maximum Gasteiger partial charge on any atom is 0.154 e. The minimum Gasteiger partial charge on any atom is -0.474 e. The molecule has 1 N–H and O–H groups in total. The van der Waals surface area contributed by atoms with Gasteiger partial charge in [-0.15, -0.1) is 0 Å². The van der Waals surface area contributed by atoms with E-state index in [-0.39, 0.29) is 6.23 Å². The molecule has 0 aliphatic carbocycles. The van der Waals surface area contributed by atoms with E-state index in [9.17, 15) is 0 Å². The minimum absolute atomic E-state index is 0.0589. The van der Waals surface area contributed by atoms with Crippen LogP contribution in [0.15, 0.2) is 42.5 Å². The number of hydrogen-bond donors (Lipinski definition) is 1. The molecule has 1 heterocycles. The largest absolute Gasteiger partial charge is 0.474 e. The van der Waals surface area contributed by atoms with Crippen LogP contribution in [-0.2, 0) is 6.42 Å². The first-order valence-electron chi connectivity index (χ1n) is 6.00. The van der Waals surface area contributed by atoms with Gasteiger partial charge in [-0.2, -0.15) is 0 Å². The van der Waals surface area contributed by atoms with E-state index in [0.717, 1.165) is 28.3 Å². The average molecular weight is 260 g/mol. The number of para-hydroxylation sites is 1. The first-order valence-corrected chi connectivity index (χ1v) is 6.38. The van der Waals surface area contributed by atoms with Crippen molar-refractivity contribution in [3.8, 4) is 16.9 Å². The molecule has 18 heavy (non-hydrogen) atoms. The van der Waals surface area contributed by atoms with Gasteiger partial charge in [-0.05, 0) is 18.7 Å². The van der Waals surface area contributed by atoms with Crippen LogP contribution in [0.3, 0.4) is 0 Å². The Morgan fingerprint density at radius 3 is 2.67 bits per heavy atom. The zero-order chi connectivity index (χ0) is 12.5. The van der Waals surface area contributed by atoms with Crippen molar-refractivity contribution in [2.24, 2.45) is 0 Å². The molecule has 0 saturated heterocycles. The highest BCUT2D eigenvalue weighted by Crippen LogP contribution is 2.40. The Morgan fingerprint density at radius 2 is 1.89 bits per heavy atom. The lowest BCUT2D eigenvalue weighted by Gasteiger charge is -2.12. The summed E-state index contributed by atoms with van der Waals surface area (Å²) >= 11 is 6.26. The fourth-order valence-corrected chi connectivity index (χ4v) is 2.56. The Bertz CT molecular complexity index is 582. The molecular formula is C15H14ClNO. The topological polar surface area (TPSA) is 21.3 Å². The molecule has 0 bridgehead atoms. The Balaban J connectivity index is 2.11. The fourth-order valence-electron chi connectivity index (χ4n) is 2.32. The van der Waals surface area contributed by atoms with Gasteiger partial charge in [0.1, 0.15) is 5.75 Å². The van der Waals surface area contributed by atoms with Crippen LogP contribution in [0.2, 0.25) is 5.02 Å². The van der Waals surface area contributed by atoms with Gasteiger partial charge >= 0.3 is 0 Å². The molecule has 2 aromatic rings. The molecular weight excluding hydrogens is 246 g/mol. The van der Waals surface area contributed by atoms with E-state index in [1.807, 2.05) is 31.3 Å². The molecule has 0 aromatic heterocycles. The summed E-state index contributed by atoms with van der Waals surface area (Å²) in [5.74, 6) is 0.949. The highest BCUT2D eigenvalue weighted by molar-refractivity contribution is 6.33. The monoisotopic (exact) mass is 259 g/mol. The van der Waals surface area contributed by atoms with E-state index in [1.54, 1.807) is 0 Å². The van der Waals surface area contributed by atoms with Gasteiger partial charge in [0, 0.05) is 22.6 Å². The minimum atomic E-state index is 0.0589. The number of ether oxygens (including phenoxy) is 1. The molecule has 0 fully saturated rings. The van der Waals surface area contributed by atoms with Crippen molar-refractivity contribution in [1.29, 1.82) is 0 Å². The third kappa shape index (κ3) is 1.88. The number of hydrogen-bond acceptors (Lipinski definition) is 2. The molecule has 1 aliphatic heterocycles. The molecule has 3 heteroatoms. The van der Waals surface area contributed by atoms with Crippen molar-refractivity contribution < 1.29 is 4.74 Å². The zero-order valence-corrected chi connectivity index (χ0v) is 10.9. The van der Waals surface area contributed by atoms with Gasteiger partial charge < -0.3 is 4.74 Å². The summed E-state index contributed by atoms with van der Waals surface area (Å²) < 4.78 is 5.93. The SMILES string of the molecule is CNC1Cc2cccc(-c3ccccc3Cl)c2O1. The van der Waals surface area contributed by atoms with E-state index in [2.05, 4.69) is 23.5 Å². The quantitative estimate of drug-likeness (QED) is 0.892. The second-order valence-electron chi connectivity index (χ2n) is 4.37. The van der Waals surface area contributed by atoms with E-state index in [1.165, 1.54) is 5.56 Å². The predicted octanol–water partition coefficient (Wildman–Crippen LogP) is 3.49. The van der Waals surface area contributed by atoms with Gasteiger partial charge in [0.2, 0.25) is 0 Å². The summed E-state index contributed by atoms with van der Waals surface area (Å²) in [6, 6.07) is 14.1. The van der Waals surface area contributed by atoms with Gasteiger partial charge in [0.05, 0.1) is 0 Å². The van der Waals surface area contributed by atoms with Crippen molar-refractivity contribution >= 4 is 11.6 Å². The number of likely N-dealkylation sites (N-methyl/N-ethyl adjacent to an activating group) is 1. The highest BCUT2D eigenvalue weighted by atomic mass is 35.5. The maximum absolute atomic E-state index is 6.26. The molecule has 2 nitrogen and oxygen atoms in total. The molecule has 0 spiro atoms. The second kappa shape index (κ2) is 4.63. The molecule has 1 unspecified atom stereocenters. The third-order valence-electron chi connectivity index (χ3n) is 3.25. The van der Waals surface area contributed by atoms with Crippen molar-refractivity contribution in [2.75, 3.05) is 7.05 Å². The Hall–Kier alpha value is -1.51. The van der Waals surface area contributed by atoms with Gasteiger partial charge in [0.15, 0.2) is 6.23 Å². The summed E-state index contributed by atoms with van der Waals surface area (Å²) in [7, 11) is 1.91. The van der Waals surface area contributed by atoms with Crippen LogP contribution in [0, 0.1) is 0 Å². The smallest absolute Gasteiger partial charge is 0.154 e. The van der Waals surface area contributed by atoms with Crippen LogP contribution in [0.1, 0.15) is 5.56 Å². The maximum atomic E-state index is 6.26. The summed E-state index contributed by atoms with van der Waals surface area (Å²) in [4.78, 5) is 0. The fraction of sp³-hybridized carbons (Fsp3) is 0.200. The number of benzene rings is 2.